The fourth-order valence-electron chi connectivity index (χ4n) is 3.31. The monoisotopic (exact) mass is 536 g/mol. The number of carbonyl (C=O) groups excluding carboxylic acids is 1. The smallest absolute Gasteiger partial charge is 0.275 e. The summed E-state index contributed by atoms with van der Waals surface area (Å²) in [5, 5.41) is 16.0. The van der Waals surface area contributed by atoms with Crippen LogP contribution in [0.15, 0.2) is 84.0 Å². The predicted molar refractivity (Wildman–Crippen MR) is 135 cm³/mol. The summed E-state index contributed by atoms with van der Waals surface area (Å²) in [6.07, 6.45) is 1.56. The van der Waals surface area contributed by atoms with Gasteiger partial charge in [-0.05, 0) is 81.7 Å². The van der Waals surface area contributed by atoms with Gasteiger partial charge in [-0.2, -0.15) is 5.10 Å². The van der Waals surface area contributed by atoms with Crippen molar-refractivity contribution in [2.45, 2.75) is 13.5 Å². The first-order chi connectivity index (χ1) is 15.5. The van der Waals surface area contributed by atoms with E-state index in [1.54, 1.807) is 18.3 Å². The van der Waals surface area contributed by atoms with Crippen LogP contribution in [0.4, 0.5) is 0 Å². The van der Waals surface area contributed by atoms with Crippen molar-refractivity contribution in [1.29, 1.82) is 0 Å². The maximum Gasteiger partial charge on any atom is 0.275 e. The molecule has 2 N–H and O–H groups in total. The second kappa shape index (κ2) is 9.82. The number of phenols is 1. The summed E-state index contributed by atoms with van der Waals surface area (Å²) >= 11 is 2.22. The molecule has 0 unspecified atom stereocenters. The Morgan fingerprint density at radius 2 is 1.81 bits per heavy atom. The second-order valence-corrected chi connectivity index (χ2v) is 8.55. The van der Waals surface area contributed by atoms with Crippen LogP contribution in [-0.4, -0.2) is 17.2 Å². The minimum atomic E-state index is -0.475. The predicted octanol–water partition coefficient (Wildman–Crippen LogP) is 5.80. The van der Waals surface area contributed by atoms with Gasteiger partial charge in [0, 0.05) is 0 Å². The first-order valence-electron chi connectivity index (χ1n) is 10.0. The van der Waals surface area contributed by atoms with E-state index < -0.39 is 5.91 Å². The maximum absolute atomic E-state index is 12.5. The molecule has 0 atom stereocenters. The van der Waals surface area contributed by atoms with E-state index in [0.717, 1.165) is 31.2 Å². The molecule has 0 aliphatic heterocycles. The molecule has 4 aromatic rings. The van der Waals surface area contributed by atoms with E-state index >= 15 is 0 Å². The summed E-state index contributed by atoms with van der Waals surface area (Å²) in [4.78, 5) is 12.5. The number of aromatic hydroxyl groups is 1. The minimum absolute atomic E-state index is 0.0824. The molecule has 1 amide bonds. The minimum Gasteiger partial charge on any atom is -0.507 e. The average molecular weight is 536 g/mol. The van der Waals surface area contributed by atoms with Crippen molar-refractivity contribution in [2.75, 3.05) is 0 Å². The van der Waals surface area contributed by atoms with Crippen LogP contribution in [0, 0.1) is 10.5 Å². The topological polar surface area (TPSA) is 70.9 Å². The van der Waals surface area contributed by atoms with Crippen molar-refractivity contribution < 1.29 is 14.6 Å². The van der Waals surface area contributed by atoms with Crippen LogP contribution >= 0.6 is 22.6 Å². The van der Waals surface area contributed by atoms with Gasteiger partial charge in [-0.1, -0.05) is 54.1 Å². The first kappa shape index (κ1) is 21.8. The zero-order valence-electron chi connectivity index (χ0n) is 17.4. The maximum atomic E-state index is 12.5. The summed E-state index contributed by atoms with van der Waals surface area (Å²) < 4.78 is 6.87. The van der Waals surface area contributed by atoms with E-state index in [1.165, 1.54) is 5.56 Å². The Balaban J connectivity index is 1.40. The van der Waals surface area contributed by atoms with E-state index in [-0.39, 0.29) is 11.3 Å². The number of phenolic OH excluding ortho intramolecular Hbond substituents is 1. The zero-order valence-corrected chi connectivity index (χ0v) is 19.5. The molecule has 0 saturated carbocycles. The summed E-state index contributed by atoms with van der Waals surface area (Å²) in [6, 6.07) is 24.7. The number of hydrogen-bond acceptors (Lipinski definition) is 4. The van der Waals surface area contributed by atoms with Gasteiger partial charge < -0.3 is 9.84 Å². The van der Waals surface area contributed by atoms with Gasteiger partial charge in [-0.15, -0.1) is 0 Å². The van der Waals surface area contributed by atoms with Crippen molar-refractivity contribution in [1.82, 2.24) is 5.43 Å². The average Bonchev–Trinajstić information content (AvgIpc) is 2.78. The molecule has 4 aromatic carbocycles. The van der Waals surface area contributed by atoms with Gasteiger partial charge in [0.25, 0.3) is 5.91 Å². The molecule has 0 spiro atoms. The SMILES string of the molecule is Cc1cccc(COc2ccc(C=NNC(=O)c3cc4ccccc4cc3O)cc2I)c1. The largest absolute Gasteiger partial charge is 0.507 e. The molecule has 0 radical (unpaired) electrons. The molecule has 0 bridgehead atoms. The summed E-state index contributed by atoms with van der Waals surface area (Å²) in [7, 11) is 0. The van der Waals surface area contributed by atoms with Gasteiger partial charge in [-0.3, -0.25) is 4.79 Å². The summed E-state index contributed by atoms with van der Waals surface area (Å²) in [5.41, 5.74) is 5.79. The molecule has 0 aromatic heterocycles. The number of benzene rings is 4. The number of nitrogens with zero attached hydrogens (tertiary/aromatic N) is 1. The zero-order chi connectivity index (χ0) is 22.5. The molecule has 32 heavy (non-hydrogen) atoms. The molecule has 0 aliphatic carbocycles. The van der Waals surface area contributed by atoms with E-state index in [2.05, 4.69) is 52.2 Å². The van der Waals surface area contributed by atoms with Crippen LogP contribution < -0.4 is 10.2 Å². The fraction of sp³-hybridized carbons (Fsp3) is 0.0769. The lowest BCUT2D eigenvalue weighted by Crippen LogP contribution is -2.17. The molecule has 0 saturated heterocycles. The number of fused-ring (bicyclic) bond motifs is 1. The number of rotatable bonds is 6. The third-order valence-corrected chi connectivity index (χ3v) is 5.76. The normalized spacial score (nSPS) is 11.1. The Hall–Kier alpha value is -3.39. The van der Waals surface area contributed by atoms with Crippen LogP contribution in [0.5, 0.6) is 11.5 Å². The van der Waals surface area contributed by atoms with Crippen LogP contribution in [0.2, 0.25) is 0 Å². The van der Waals surface area contributed by atoms with Crippen LogP contribution in [0.3, 0.4) is 0 Å². The number of halogens is 1. The molecular formula is C26H21IN2O3. The summed E-state index contributed by atoms with van der Waals surface area (Å²) in [5.74, 6) is 0.229. The Morgan fingerprint density at radius 3 is 2.56 bits per heavy atom. The molecule has 160 valence electrons. The molecule has 0 aliphatic rings. The number of carbonyl (C=O) groups is 1. The van der Waals surface area contributed by atoms with Crippen molar-refractivity contribution >= 4 is 45.5 Å². The van der Waals surface area contributed by atoms with Gasteiger partial charge >= 0.3 is 0 Å². The van der Waals surface area contributed by atoms with Gasteiger partial charge in [0.05, 0.1) is 15.3 Å². The lowest BCUT2D eigenvalue weighted by Gasteiger charge is -2.09. The van der Waals surface area contributed by atoms with E-state index in [0.29, 0.717) is 6.61 Å². The number of hydrogen-bond donors (Lipinski definition) is 2. The second-order valence-electron chi connectivity index (χ2n) is 7.38. The van der Waals surface area contributed by atoms with Crippen LogP contribution in [0.25, 0.3) is 10.8 Å². The number of ether oxygens (including phenoxy) is 1. The van der Waals surface area contributed by atoms with E-state index in [4.69, 9.17) is 4.74 Å². The third kappa shape index (κ3) is 5.26. The van der Waals surface area contributed by atoms with Gasteiger partial charge in [-0.25, -0.2) is 5.43 Å². The lowest BCUT2D eigenvalue weighted by atomic mass is 10.1. The Morgan fingerprint density at radius 1 is 1.03 bits per heavy atom. The molecule has 0 fully saturated rings. The van der Waals surface area contributed by atoms with Crippen LogP contribution in [0.1, 0.15) is 27.0 Å². The van der Waals surface area contributed by atoms with Gasteiger partial charge in [0.1, 0.15) is 18.1 Å². The number of amides is 1. The Bertz CT molecular complexity index is 1320. The van der Waals surface area contributed by atoms with Crippen molar-refractivity contribution in [3.8, 4) is 11.5 Å². The highest BCUT2D eigenvalue weighted by molar-refractivity contribution is 14.1. The standard InChI is InChI=1S/C26H21IN2O3/c1-17-5-4-6-19(11-17)16-32-25-10-9-18(12-23(25)27)15-28-29-26(31)22-13-20-7-2-3-8-21(20)14-24(22)30/h2-15,30H,16H2,1H3,(H,29,31). The number of hydrazone groups is 1. The third-order valence-electron chi connectivity index (χ3n) is 4.92. The quantitative estimate of drug-likeness (QED) is 0.186. The highest BCUT2D eigenvalue weighted by Gasteiger charge is 2.11. The fourth-order valence-corrected chi connectivity index (χ4v) is 4.01. The first-order valence-corrected chi connectivity index (χ1v) is 11.1. The highest BCUT2D eigenvalue weighted by atomic mass is 127. The van der Waals surface area contributed by atoms with Crippen molar-refractivity contribution in [3.05, 3.63) is 105 Å². The van der Waals surface area contributed by atoms with Crippen molar-refractivity contribution in [2.24, 2.45) is 5.10 Å². The highest BCUT2D eigenvalue weighted by Crippen LogP contribution is 2.25. The van der Waals surface area contributed by atoms with E-state index in [9.17, 15) is 9.90 Å². The molecule has 4 rings (SSSR count). The molecule has 0 heterocycles. The number of aryl methyl sites for hydroxylation is 1. The van der Waals surface area contributed by atoms with Crippen molar-refractivity contribution in [3.63, 3.8) is 0 Å². The number of nitrogens with one attached hydrogen (secondary N) is 1. The van der Waals surface area contributed by atoms with E-state index in [1.807, 2.05) is 54.6 Å². The van der Waals surface area contributed by atoms with Gasteiger partial charge in [0.15, 0.2) is 0 Å². The molecular weight excluding hydrogens is 515 g/mol. The Labute approximate surface area is 199 Å². The molecule has 5 nitrogen and oxygen atoms in total. The van der Waals surface area contributed by atoms with Gasteiger partial charge in [0.2, 0.25) is 0 Å². The Kier molecular flexibility index (Phi) is 6.70. The lowest BCUT2D eigenvalue weighted by molar-refractivity contribution is 0.0952. The molecule has 6 heteroatoms. The summed E-state index contributed by atoms with van der Waals surface area (Å²) in [6.45, 7) is 2.55. The van der Waals surface area contributed by atoms with Crippen LogP contribution in [-0.2, 0) is 6.61 Å².